The SMILES string of the molecule is COc1cncc(N(CCCN)c2ccccc2)n1. The minimum Gasteiger partial charge on any atom is -0.480 e. The third-order valence-electron chi connectivity index (χ3n) is 2.74. The van der Waals surface area contributed by atoms with E-state index in [9.17, 15) is 0 Å². The van der Waals surface area contributed by atoms with E-state index in [1.165, 1.54) is 0 Å². The summed E-state index contributed by atoms with van der Waals surface area (Å²) in [5.74, 6) is 1.27. The van der Waals surface area contributed by atoms with E-state index in [1.54, 1.807) is 19.5 Å². The zero-order chi connectivity index (χ0) is 13.5. The number of ether oxygens (including phenoxy) is 1. The molecule has 0 saturated heterocycles. The molecule has 5 heteroatoms. The largest absolute Gasteiger partial charge is 0.480 e. The Bertz CT molecular complexity index is 504. The number of hydrogen-bond donors (Lipinski definition) is 1. The van der Waals surface area contributed by atoms with Gasteiger partial charge in [-0.25, -0.2) is 0 Å². The number of anilines is 2. The lowest BCUT2D eigenvalue weighted by Crippen LogP contribution is -2.22. The summed E-state index contributed by atoms with van der Waals surface area (Å²) in [5, 5.41) is 0. The first-order valence-corrected chi connectivity index (χ1v) is 6.24. The number of para-hydroxylation sites is 1. The lowest BCUT2D eigenvalue weighted by atomic mass is 10.2. The first-order chi connectivity index (χ1) is 9.35. The van der Waals surface area contributed by atoms with Crippen molar-refractivity contribution in [3.05, 3.63) is 42.7 Å². The average molecular weight is 258 g/mol. The van der Waals surface area contributed by atoms with Crippen LogP contribution in [0.4, 0.5) is 11.5 Å². The van der Waals surface area contributed by atoms with Gasteiger partial charge in [-0.3, -0.25) is 4.98 Å². The van der Waals surface area contributed by atoms with Gasteiger partial charge in [0.1, 0.15) is 0 Å². The molecule has 1 heterocycles. The van der Waals surface area contributed by atoms with Crippen LogP contribution < -0.4 is 15.4 Å². The number of aromatic nitrogens is 2. The van der Waals surface area contributed by atoms with E-state index in [0.29, 0.717) is 12.4 Å². The summed E-state index contributed by atoms with van der Waals surface area (Å²) in [6.07, 6.45) is 4.20. The summed E-state index contributed by atoms with van der Waals surface area (Å²) in [7, 11) is 1.58. The van der Waals surface area contributed by atoms with Gasteiger partial charge in [0, 0.05) is 12.2 Å². The fourth-order valence-electron chi connectivity index (χ4n) is 1.80. The molecule has 0 radical (unpaired) electrons. The van der Waals surface area contributed by atoms with Crippen molar-refractivity contribution < 1.29 is 4.74 Å². The average Bonchev–Trinajstić information content (AvgIpc) is 2.49. The third-order valence-corrected chi connectivity index (χ3v) is 2.74. The minimum absolute atomic E-state index is 0.506. The zero-order valence-electron chi connectivity index (χ0n) is 11.0. The molecule has 0 atom stereocenters. The molecule has 0 aliphatic carbocycles. The molecule has 0 fully saturated rings. The second kappa shape index (κ2) is 6.70. The molecule has 0 spiro atoms. The van der Waals surface area contributed by atoms with Crippen molar-refractivity contribution in [2.45, 2.75) is 6.42 Å². The smallest absolute Gasteiger partial charge is 0.234 e. The highest BCUT2D eigenvalue weighted by Crippen LogP contribution is 2.24. The molecule has 1 aromatic heterocycles. The Balaban J connectivity index is 2.31. The van der Waals surface area contributed by atoms with Gasteiger partial charge in [0.2, 0.25) is 5.88 Å². The van der Waals surface area contributed by atoms with Crippen LogP contribution in [0.5, 0.6) is 5.88 Å². The van der Waals surface area contributed by atoms with Crippen LogP contribution in [0.3, 0.4) is 0 Å². The van der Waals surface area contributed by atoms with Crippen molar-refractivity contribution in [2.24, 2.45) is 5.73 Å². The highest BCUT2D eigenvalue weighted by Gasteiger charge is 2.11. The maximum absolute atomic E-state index is 5.60. The second-order valence-corrected chi connectivity index (χ2v) is 4.05. The van der Waals surface area contributed by atoms with E-state index in [1.807, 2.05) is 30.3 Å². The summed E-state index contributed by atoms with van der Waals surface area (Å²) in [4.78, 5) is 10.7. The van der Waals surface area contributed by atoms with Crippen LogP contribution >= 0.6 is 0 Å². The number of benzene rings is 1. The number of methoxy groups -OCH3 is 1. The topological polar surface area (TPSA) is 64.3 Å². The molecule has 19 heavy (non-hydrogen) atoms. The van der Waals surface area contributed by atoms with Crippen molar-refractivity contribution in [1.29, 1.82) is 0 Å². The first-order valence-electron chi connectivity index (χ1n) is 6.24. The van der Waals surface area contributed by atoms with Crippen LogP contribution in [-0.2, 0) is 0 Å². The molecule has 100 valence electrons. The third kappa shape index (κ3) is 3.42. The molecule has 1 aromatic carbocycles. The van der Waals surface area contributed by atoms with Gasteiger partial charge >= 0.3 is 0 Å². The normalized spacial score (nSPS) is 10.2. The molecule has 2 N–H and O–H groups in total. The summed E-state index contributed by atoms with van der Waals surface area (Å²) in [6.45, 7) is 1.43. The molecule has 0 bridgehead atoms. The standard InChI is InChI=1S/C14H18N4O/c1-19-14-11-16-10-13(17-14)18(9-5-8-15)12-6-3-2-4-7-12/h2-4,6-7,10-11H,5,8-9,15H2,1H3. The van der Waals surface area contributed by atoms with E-state index >= 15 is 0 Å². The molecule has 2 rings (SSSR count). The van der Waals surface area contributed by atoms with Crippen LogP contribution in [0.25, 0.3) is 0 Å². The Labute approximate surface area is 113 Å². The number of rotatable bonds is 6. The fourth-order valence-corrected chi connectivity index (χ4v) is 1.80. The van der Waals surface area contributed by atoms with Crippen molar-refractivity contribution in [2.75, 3.05) is 25.1 Å². The highest BCUT2D eigenvalue weighted by atomic mass is 16.5. The molecule has 2 aromatic rings. The van der Waals surface area contributed by atoms with Gasteiger partial charge in [0.25, 0.3) is 0 Å². The van der Waals surface area contributed by atoms with Crippen LogP contribution in [-0.4, -0.2) is 30.2 Å². The number of nitrogens with two attached hydrogens (primary N) is 1. The van der Waals surface area contributed by atoms with Crippen LogP contribution in [0.1, 0.15) is 6.42 Å². The van der Waals surface area contributed by atoms with Gasteiger partial charge in [0.05, 0.1) is 19.5 Å². The lowest BCUT2D eigenvalue weighted by molar-refractivity contribution is 0.396. The molecule has 0 amide bonds. The first kappa shape index (κ1) is 13.3. The van der Waals surface area contributed by atoms with Gasteiger partial charge in [-0.15, -0.1) is 0 Å². The van der Waals surface area contributed by atoms with Gasteiger partial charge in [-0.1, -0.05) is 18.2 Å². The quantitative estimate of drug-likeness (QED) is 0.858. The van der Waals surface area contributed by atoms with E-state index in [-0.39, 0.29) is 0 Å². The van der Waals surface area contributed by atoms with Gasteiger partial charge in [-0.2, -0.15) is 4.98 Å². The Morgan fingerprint density at radius 2 is 2.00 bits per heavy atom. The van der Waals surface area contributed by atoms with Gasteiger partial charge in [-0.05, 0) is 25.1 Å². The Kier molecular flexibility index (Phi) is 4.69. The summed E-state index contributed by atoms with van der Waals surface area (Å²) < 4.78 is 5.12. The van der Waals surface area contributed by atoms with E-state index in [4.69, 9.17) is 10.5 Å². The maximum Gasteiger partial charge on any atom is 0.234 e. The fraction of sp³-hybridized carbons (Fsp3) is 0.286. The zero-order valence-corrected chi connectivity index (χ0v) is 11.0. The molecule has 5 nitrogen and oxygen atoms in total. The Morgan fingerprint density at radius 3 is 2.68 bits per heavy atom. The van der Waals surface area contributed by atoms with Crippen molar-refractivity contribution in [3.8, 4) is 5.88 Å². The van der Waals surface area contributed by atoms with Crippen molar-refractivity contribution in [3.63, 3.8) is 0 Å². The van der Waals surface area contributed by atoms with E-state index in [2.05, 4.69) is 14.9 Å². The monoisotopic (exact) mass is 258 g/mol. The number of nitrogens with zero attached hydrogens (tertiary/aromatic N) is 3. The summed E-state index contributed by atoms with van der Waals surface area (Å²) >= 11 is 0. The predicted octanol–water partition coefficient (Wildman–Crippen LogP) is 1.97. The Morgan fingerprint density at radius 1 is 1.21 bits per heavy atom. The molecular formula is C14H18N4O. The van der Waals surface area contributed by atoms with Crippen LogP contribution in [0.15, 0.2) is 42.7 Å². The van der Waals surface area contributed by atoms with Crippen LogP contribution in [0, 0.1) is 0 Å². The summed E-state index contributed by atoms with van der Waals surface area (Å²) in [5.41, 5.74) is 6.67. The van der Waals surface area contributed by atoms with Crippen molar-refractivity contribution in [1.82, 2.24) is 9.97 Å². The molecule has 0 aliphatic heterocycles. The van der Waals surface area contributed by atoms with E-state index in [0.717, 1.165) is 24.5 Å². The molecule has 0 aliphatic rings. The van der Waals surface area contributed by atoms with Gasteiger partial charge < -0.3 is 15.4 Å². The molecular weight excluding hydrogens is 240 g/mol. The lowest BCUT2D eigenvalue weighted by Gasteiger charge is -2.23. The van der Waals surface area contributed by atoms with Crippen molar-refractivity contribution >= 4 is 11.5 Å². The van der Waals surface area contributed by atoms with Gasteiger partial charge in [0.15, 0.2) is 5.82 Å². The predicted molar refractivity (Wildman–Crippen MR) is 75.7 cm³/mol. The minimum atomic E-state index is 0.506. The second-order valence-electron chi connectivity index (χ2n) is 4.05. The van der Waals surface area contributed by atoms with Crippen LogP contribution in [0.2, 0.25) is 0 Å². The molecule has 0 saturated carbocycles. The molecule has 0 unspecified atom stereocenters. The van der Waals surface area contributed by atoms with E-state index < -0.39 is 0 Å². The Hall–Kier alpha value is -2.14. The summed E-state index contributed by atoms with van der Waals surface area (Å²) in [6, 6.07) is 10.1. The maximum atomic E-state index is 5.60. The number of hydrogen-bond acceptors (Lipinski definition) is 5. The highest BCUT2D eigenvalue weighted by molar-refractivity contribution is 5.59.